The molecule has 2 aromatic carbocycles. The van der Waals surface area contributed by atoms with Crippen molar-refractivity contribution in [2.75, 3.05) is 32.8 Å². The summed E-state index contributed by atoms with van der Waals surface area (Å²) in [4.78, 5) is 30.1. The van der Waals surface area contributed by atoms with Crippen molar-refractivity contribution in [1.29, 1.82) is 0 Å². The number of aromatic nitrogens is 2. The summed E-state index contributed by atoms with van der Waals surface area (Å²) in [5, 5.41) is 5.16. The number of ketones is 2. The summed E-state index contributed by atoms with van der Waals surface area (Å²) in [7, 11) is 4.77. The lowest BCUT2D eigenvalue weighted by Crippen LogP contribution is -2.57. The molecule has 1 aromatic heterocycles. The van der Waals surface area contributed by atoms with E-state index in [2.05, 4.69) is 25.7 Å². The molecule has 0 N–H and O–H groups in total. The Bertz CT molecular complexity index is 1440. The van der Waals surface area contributed by atoms with Crippen molar-refractivity contribution in [2.45, 2.75) is 65.8 Å². The molecule has 0 radical (unpaired) electrons. The normalized spacial score (nSPS) is 17.9. The molecule has 8 heteroatoms. The van der Waals surface area contributed by atoms with E-state index in [0.717, 1.165) is 28.3 Å². The maximum Gasteiger partial charge on any atom is 0.203 e. The molecular formula is C33H41N3O5. The molecule has 0 saturated heterocycles. The molecule has 2 aliphatic rings. The number of Topliss-reactive ketones (excluding diaryl/α,β-unsaturated/α-hetero) is 2. The fourth-order valence-electron chi connectivity index (χ4n) is 6.42. The predicted octanol–water partition coefficient (Wildman–Crippen LogP) is 5.70. The average Bonchev–Trinajstić information content (AvgIpc) is 3.32. The lowest BCUT2D eigenvalue weighted by atomic mass is 9.60. The van der Waals surface area contributed by atoms with E-state index in [1.807, 2.05) is 61.0 Å². The summed E-state index contributed by atoms with van der Waals surface area (Å²) in [6, 6.07) is 13.9. The van der Waals surface area contributed by atoms with E-state index in [-0.39, 0.29) is 28.9 Å². The highest BCUT2D eigenvalue weighted by Gasteiger charge is 2.56. The zero-order chi connectivity index (χ0) is 29.7. The summed E-state index contributed by atoms with van der Waals surface area (Å²) in [5.74, 6) is 2.56. The molecule has 1 fully saturated rings. The van der Waals surface area contributed by atoms with Crippen LogP contribution in [0.1, 0.15) is 64.3 Å². The van der Waals surface area contributed by atoms with Crippen LogP contribution in [0.5, 0.6) is 17.2 Å². The Balaban J connectivity index is 1.73. The highest BCUT2D eigenvalue weighted by molar-refractivity contribution is 6.11. The molecular weight excluding hydrogens is 518 g/mol. The van der Waals surface area contributed by atoms with Gasteiger partial charge in [-0.3, -0.25) is 9.59 Å². The van der Waals surface area contributed by atoms with E-state index < -0.39 is 5.41 Å². The molecule has 218 valence electrons. The van der Waals surface area contributed by atoms with Crippen LogP contribution in [-0.4, -0.2) is 49.2 Å². The first-order chi connectivity index (χ1) is 19.3. The van der Waals surface area contributed by atoms with Gasteiger partial charge in [-0.25, -0.2) is 4.68 Å². The smallest absolute Gasteiger partial charge is 0.203 e. The van der Waals surface area contributed by atoms with Gasteiger partial charge in [0.1, 0.15) is 22.8 Å². The molecule has 1 aliphatic heterocycles. The summed E-state index contributed by atoms with van der Waals surface area (Å²) in [6.07, 6.45) is 1.12. The van der Waals surface area contributed by atoms with Crippen LogP contribution in [0.4, 0.5) is 5.82 Å². The Morgan fingerprint density at radius 2 is 1.46 bits per heavy atom. The lowest BCUT2D eigenvalue weighted by molar-refractivity contribution is -0.148. The number of carbonyl (C=O) groups is 2. The number of hydrogen-bond acceptors (Lipinski definition) is 7. The van der Waals surface area contributed by atoms with E-state index in [4.69, 9.17) is 19.3 Å². The minimum atomic E-state index is -1.12. The Kier molecular flexibility index (Phi) is 7.16. The van der Waals surface area contributed by atoms with Gasteiger partial charge in [0.25, 0.3) is 0 Å². The van der Waals surface area contributed by atoms with Crippen LogP contribution < -0.4 is 19.1 Å². The fraction of sp³-hybridized carbons (Fsp3) is 0.485. The van der Waals surface area contributed by atoms with Gasteiger partial charge in [0, 0.05) is 36.9 Å². The Morgan fingerprint density at radius 3 is 1.98 bits per heavy atom. The van der Waals surface area contributed by atoms with Gasteiger partial charge in [-0.1, -0.05) is 52.8 Å². The molecule has 5 rings (SSSR count). The number of para-hydroxylation sites is 1. The summed E-state index contributed by atoms with van der Waals surface area (Å²) in [5.41, 5.74) is 1.91. The van der Waals surface area contributed by atoms with Gasteiger partial charge in [-0.2, -0.15) is 5.10 Å². The number of fused-ring (bicyclic) bond motifs is 1. The van der Waals surface area contributed by atoms with E-state index in [9.17, 15) is 9.59 Å². The highest BCUT2D eigenvalue weighted by atomic mass is 16.5. The molecule has 3 aromatic rings. The monoisotopic (exact) mass is 559 g/mol. The van der Waals surface area contributed by atoms with Crippen molar-refractivity contribution in [2.24, 2.45) is 10.8 Å². The Labute approximate surface area is 242 Å². The molecule has 8 nitrogen and oxygen atoms in total. The van der Waals surface area contributed by atoms with Gasteiger partial charge >= 0.3 is 0 Å². The van der Waals surface area contributed by atoms with Crippen LogP contribution in [0, 0.1) is 10.8 Å². The van der Waals surface area contributed by atoms with Gasteiger partial charge in [0.15, 0.2) is 11.5 Å². The van der Waals surface area contributed by atoms with Crippen LogP contribution in [0.3, 0.4) is 0 Å². The third kappa shape index (κ3) is 4.98. The second-order valence-electron chi connectivity index (χ2n) is 13.2. The van der Waals surface area contributed by atoms with E-state index in [1.165, 1.54) is 0 Å². The summed E-state index contributed by atoms with van der Waals surface area (Å²) >= 11 is 0. The molecule has 2 heterocycles. The second kappa shape index (κ2) is 10.2. The number of ether oxygens (including phenoxy) is 3. The minimum Gasteiger partial charge on any atom is -0.493 e. The van der Waals surface area contributed by atoms with Gasteiger partial charge in [0.05, 0.1) is 32.7 Å². The minimum absolute atomic E-state index is 0.0200. The molecule has 0 atom stereocenters. The number of carbonyl (C=O) groups excluding carboxylic acids is 2. The quantitative estimate of drug-likeness (QED) is 0.358. The number of rotatable bonds is 6. The van der Waals surface area contributed by atoms with Crippen molar-refractivity contribution in [3.05, 3.63) is 59.3 Å². The maximum atomic E-state index is 14.0. The average molecular weight is 560 g/mol. The van der Waals surface area contributed by atoms with Gasteiger partial charge < -0.3 is 19.1 Å². The summed E-state index contributed by atoms with van der Waals surface area (Å²) in [6.45, 7) is 11.1. The number of anilines is 1. The molecule has 1 spiro atoms. The van der Waals surface area contributed by atoms with Gasteiger partial charge in [0.2, 0.25) is 5.75 Å². The first kappa shape index (κ1) is 28.7. The molecule has 1 aliphatic carbocycles. The second-order valence-corrected chi connectivity index (χ2v) is 13.2. The number of nitrogens with zero attached hydrogens (tertiary/aromatic N) is 3. The van der Waals surface area contributed by atoms with Crippen LogP contribution in [0.15, 0.2) is 42.5 Å². The van der Waals surface area contributed by atoms with Crippen LogP contribution in [0.2, 0.25) is 0 Å². The van der Waals surface area contributed by atoms with E-state index >= 15 is 0 Å². The lowest BCUT2D eigenvalue weighted by Gasteiger charge is -2.47. The van der Waals surface area contributed by atoms with Crippen molar-refractivity contribution in [3.8, 4) is 22.9 Å². The SMILES string of the molecule is COc1cc(CN2CC3(Cc4c(C(C)(C)C)nn(-c5ccccc5)c42)C(=O)CC(C)(C)CC3=O)cc(OC)c1OC. The first-order valence-electron chi connectivity index (χ1n) is 14.1. The van der Waals surface area contributed by atoms with Crippen molar-refractivity contribution >= 4 is 17.4 Å². The van der Waals surface area contributed by atoms with Gasteiger partial charge in [-0.15, -0.1) is 0 Å². The zero-order valence-corrected chi connectivity index (χ0v) is 25.5. The van der Waals surface area contributed by atoms with Crippen LogP contribution in [0.25, 0.3) is 5.69 Å². The zero-order valence-electron chi connectivity index (χ0n) is 25.5. The molecule has 41 heavy (non-hydrogen) atoms. The fourth-order valence-corrected chi connectivity index (χ4v) is 6.42. The molecule has 0 amide bonds. The van der Waals surface area contributed by atoms with E-state index in [1.54, 1.807) is 21.3 Å². The maximum absolute atomic E-state index is 14.0. The largest absolute Gasteiger partial charge is 0.493 e. The topological polar surface area (TPSA) is 82.9 Å². The van der Waals surface area contributed by atoms with Crippen molar-refractivity contribution in [1.82, 2.24) is 9.78 Å². The number of methoxy groups -OCH3 is 3. The van der Waals surface area contributed by atoms with Crippen molar-refractivity contribution < 1.29 is 23.8 Å². The van der Waals surface area contributed by atoms with Crippen molar-refractivity contribution in [3.63, 3.8) is 0 Å². The predicted molar refractivity (Wildman–Crippen MR) is 159 cm³/mol. The molecule has 1 saturated carbocycles. The van der Waals surface area contributed by atoms with E-state index in [0.29, 0.717) is 43.1 Å². The highest BCUT2D eigenvalue weighted by Crippen LogP contribution is 2.50. The molecule has 0 bridgehead atoms. The standard InChI is InChI=1S/C33H41N3O5/c1-31(2,3)29-23-16-33(26(37)17-32(4,5)18-27(33)38)20-35(30(23)36(34-29)22-12-10-9-11-13-22)19-21-14-24(39-6)28(41-8)25(15-21)40-7/h9-15H,16-20H2,1-8H3. The van der Waals surface area contributed by atoms with Crippen LogP contribution >= 0.6 is 0 Å². The van der Waals surface area contributed by atoms with Crippen LogP contribution in [-0.2, 0) is 28.0 Å². The number of hydrogen-bond donors (Lipinski definition) is 0. The third-order valence-electron chi connectivity index (χ3n) is 8.35. The van der Waals surface area contributed by atoms with Gasteiger partial charge in [-0.05, 0) is 41.7 Å². The summed E-state index contributed by atoms with van der Waals surface area (Å²) < 4.78 is 18.8. The Morgan fingerprint density at radius 1 is 0.878 bits per heavy atom. The first-order valence-corrected chi connectivity index (χ1v) is 14.1. The molecule has 0 unspecified atom stereocenters. The number of benzene rings is 2. The third-order valence-corrected chi connectivity index (χ3v) is 8.35. The Hall–Kier alpha value is -3.81.